The number of hydrogen-bond acceptors (Lipinski definition) is 7. The van der Waals surface area contributed by atoms with E-state index in [1.54, 1.807) is 11.3 Å². The Bertz CT molecular complexity index is 1420. The maximum atomic E-state index is 13.4. The number of pyridine rings is 1. The van der Waals surface area contributed by atoms with Gasteiger partial charge in [-0.05, 0) is 54.8 Å². The van der Waals surface area contributed by atoms with Gasteiger partial charge < -0.3 is 14.8 Å². The summed E-state index contributed by atoms with van der Waals surface area (Å²) in [5, 5.41) is 3.72. The number of halogens is 1. The van der Waals surface area contributed by atoms with Gasteiger partial charge in [-0.15, -0.1) is 0 Å². The first-order valence-electron chi connectivity index (χ1n) is 12.2. The van der Waals surface area contributed by atoms with Crippen LogP contribution < -0.4 is 5.32 Å². The predicted octanol–water partition coefficient (Wildman–Crippen LogP) is 5.90. The lowest BCUT2D eigenvalue weighted by Crippen LogP contribution is -2.40. The summed E-state index contributed by atoms with van der Waals surface area (Å²) >= 11 is 3.50. The zero-order valence-corrected chi connectivity index (χ0v) is 21.4. The van der Waals surface area contributed by atoms with Gasteiger partial charge in [0.1, 0.15) is 16.2 Å². The van der Waals surface area contributed by atoms with Crippen molar-refractivity contribution in [1.29, 1.82) is 0 Å². The van der Waals surface area contributed by atoms with E-state index in [4.69, 9.17) is 4.98 Å². The second-order valence-electron chi connectivity index (χ2n) is 9.05. The van der Waals surface area contributed by atoms with E-state index in [-0.39, 0.29) is 5.82 Å². The molecule has 0 spiro atoms. The summed E-state index contributed by atoms with van der Waals surface area (Å²) in [6.45, 7) is 3.85. The molecule has 0 amide bonds. The van der Waals surface area contributed by atoms with E-state index in [0.717, 1.165) is 75.5 Å². The molecule has 4 heterocycles. The zero-order valence-electron chi connectivity index (χ0n) is 19.8. The molecule has 6 rings (SSSR count). The number of benzene rings is 2. The highest BCUT2D eigenvalue weighted by Crippen LogP contribution is 2.28. The molecule has 1 aliphatic heterocycles. The largest absolute Gasteiger partial charge is 0.353 e. The number of thioether (sulfide) groups is 1. The van der Waals surface area contributed by atoms with Gasteiger partial charge in [0, 0.05) is 37.6 Å². The fourth-order valence-corrected chi connectivity index (χ4v) is 6.73. The minimum Gasteiger partial charge on any atom is -0.353 e. The van der Waals surface area contributed by atoms with E-state index in [2.05, 4.69) is 30.8 Å². The molecule has 6 nitrogen and oxygen atoms in total. The molecule has 36 heavy (non-hydrogen) atoms. The molecule has 9 heteroatoms. The Morgan fingerprint density at radius 1 is 0.972 bits per heavy atom. The molecule has 1 N–H and O–H groups in total. The molecule has 0 unspecified atom stereocenters. The molecular weight excluding hydrogens is 491 g/mol. The molecule has 2 aromatic carbocycles. The Balaban J connectivity index is 1.05. The van der Waals surface area contributed by atoms with Crippen molar-refractivity contribution in [1.82, 2.24) is 24.4 Å². The van der Waals surface area contributed by atoms with E-state index in [9.17, 15) is 4.39 Å². The van der Waals surface area contributed by atoms with Crippen LogP contribution >= 0.6 is 23.1 Å². The maximum Gasteiger partial charge on any atom is 0.204 e. The van der Waals surface area contributed by atoms with Crippen molar-refractivity contribution in [2.75, 3.05) is 30.7 Å². The standard InChI is InChI=1S/C27H27FN6S2/c28-20-9-7-19(8-10-20)18-34-24-6-2-1-4-22(24)31-26(34)30-21-11-14-33(15-12-21)16-17-35-27-32-23-5-3-13-29-25(23)36-27/h1-10,13,21H,11-12,14-18H2,(H,30,31). The summed E-state index contributed by atoms with van der Waals surface area (Å²) in [5.74, 6) is 1.71. The summed E-state index contributed by atoms with van der Waals surface area (Å²) in [6.07, 6.45) is 3.98. The zero-order chi connectivity index (χ0) is 24.3. The quantitative estimate of drug-likeness (QED) is 0.258. The Labute approximate surface area is 217 Å². The molecule has 0 bridgehead atoms. The van der Waals surface area contributed by atoms with Crippen molar-refractivity contribution < 1.29 is 4.39 Å². The summed E-state index contributed by atoms with van der Waals surface area (Å²) in [6, 6.07) is 19.3. The second-order valence-corrected chi connectivity index (χ2v) is 11.4. The van der Waals surface area contributed by atoms with E-state index < -0.39 is 0 Å². The SMILES string of the molecule is Fc1ccc(Cn2c(NC3CCN(CCSc4nc5cccnc5s4)CC3)nc3ccccc32)cc1. The van der Waals surface area contributed by atoms with Crippen LogP contribution in [0.1, 0.15) is 18.4 Å². The average molecular weight is 519 g/mol. The minimum absolute atomic E-state index is 0.213. The fourth-order valence-electron chi connectivity index (χ4n) is 4.68. The Kier molecular flexibility index (Phi) is 6.85. The van der Waals surface area contributed by atoms with Gasteiger partial charge in [0.15, 0.2) is 4.34 Å². The first-order chi connectivity index (χ1) is 17.7. The van der Waals surface area contributed by atoms with E-state index >= 15 is 0 Å². The van der Waals surface area contributed by atoms with Crippen LogP contribution in [0.4, 0.5) is 10.3 Å². The molecule has 1 aliphatic rings. The van der Waals surface area contributed by atoms with Gasteiger partial charge in [-0.3, -0.25) is 0 Å². The van der Waals surface area contributed by atoms with Crippen LogP contribution in [0.2, 0.25) is 0 Å². The van der Waals surface area contributed by atoms with Gasteiger partial charge in [0.2, 0.25) is 5.95 Å². The number of piperidine rings is 1. The number of nitrogens with zero attached hydrogens (tertiary/aromatic N) is 5. The molecule has 0 atom stereocenters. The molecule has 0 radical (unpaired) electrons. The monoisotopic (exact) mass is 518 g/mol. The van der Waals surface area contributed by atoms with Crippen LogP contribution in [0, 0.1) is 5.82 Å². The fraction of sp³-hybridized carbons (Fsp3) is 0.296. The lowest BCUT2D eigenvalue weighted by molar-refractivity contribution is 0.231. The number of anilines is 1. The van der Waals surface area contributed by atoms with Crippen LogP contribution in [-0.4, -0.2) is 55.8 Å². The number of thiazole rings is 1. The highest BCUT2D eigenvalue weighted by Gasteiger charge is 2.21. The smallest absolute Gasteiger partial charge is 0.204 e. The van der Waals surface area contributed by atoms with Crippen molar-refractivity contribution >= 4 is 50.4 Å². The van der Waals surface area contributed by atoms with Crippen LogP contribution in [0.25, 0.3) is 21.4 Å². The van der Waals surface area contributed by atoms with Crippen LogP contribution in [0.15, 0.2) is 71.2 Å². The Hall–Kier alpha value is -3.01. The highest BCUT2D eigenvalue weighted by molar-refractivity contribution is 8.01. The summed E-state index contributed by atoms with van der Waals surface area (Å²) < 4.78 is 16.7. The van der Waals surface area contributed by atoms with Gasteiger partial charge in [0.25, 0.3) is 0 Å². The van der Waals surface area contributed by atoms with Crippen molar-refractivity contribution in [3.63, 3.8) is 0 Å². The first-order valence-corrected chi connectivity index (χ1v) is 14.0. The molecule has 1 fully saturated rings. The average Bonchev–Trinajstić information content (AvgIpc) is 3.47. The number of para-hydroxylation sites is 2. The number of aromatic nitrogens is 4. The maximum absolute atomic E-state index is 13.4. The van der Waals surface area contributed by atoms with Gasteiger partial charge in [-0.1, -0.05) is 47.4 Å². The van der Waals surface area contributed by atoms with Gasteiger partial charge in [0.05, 0.1) is 17.6 Å². The predicted molar refractivity (Wildman–Crippen MR) is 146 cm³/mol. The van der Waals surface area contributed by atoms with Crippen molar-refractivity contribution in [2.45, 2.75) is 29.8 Å². The minimum atomic E-state index is -0.213. The van der Waals surface area contributed by atoms with Gasteiger partial charge in [-0.25, -0.2) is 19.3 Å². The Morgan fingerprint density at radius 3 is 2.61 bits per heavy atom. The Morgan fingerprint density at radius 2 is 1.78 bits per heavy atom. The number of rotatable bonds is 8. The summed E-state index contributed by atoms with van der Waals surface area (Å²) in [7, 11) is 0. The molecule has 3 aromatic heterocycles. The molecule has 1 saturated heterocycles. The third-order valence-electron chi connectivity index (χ3n) is 6.61. The molecule has 5 aromatic rings. The molecular formula is C27H27FN6S2. The van der Waals surface area contributed by atoms with E-state index in [0.29, 0.717) is 12.6 Å². The lowest BCUT2D eigenvalue weighted by Gasteiger charge is -2.32. The van der Waals surface area contributed by atoms with E-state index in [1.807, 2.05) is 60.4 Å². The first kappa shape index (κ1) is 23.4. The molecule has 184 valence electrons. The third-order valence-corrected chi connectivity index (χ3v) is 8.71. The third kappa shape index (κ3) is 5.23. The van der Waals surface area contributed by atoms with Crippen LogP contribution in [0.3, 0.4) is 0 Å². The van der Waals surface area contributed by atoms with Gasteiger partial charge >= 0.3 is 0 Å². The second kappa shape index (κ2) is 10.5. The highest BCUT2D eigenvalue weighted by atomic mass is 32.2. The normalized spacial score (nSPS) is 15.1. The van der Waals surface area contributed by atoms with Crippen LogP contribution in [0.5, 0.6) is 0 Å². The summed E-state index contributed by atoms with van der Waals surface area (Å²) in [4.78, 5) is 17.5. The topological polar surface area (TPSA) is 58.9 Å². The van der Waals surface area contributed by atoms with E-state index in [1.165, 1.54) is 12.1 Å². The number of hydrogen-bond donors (Lipinski definition) is 1. The number of likely N-dealkylation sites (tertiary alicyclic amines) is 1. The van der Waals surface area contributed by atoms with Crippen molar-refractivity contribution in [2.24, 2.45) is 0 Å². The molecule has 0 saturated carbocycles. The van der Waals surface area contributed by atoms with Crippen LogP contribution in [-0.2, 0) is 6.54 Å². The number of fused-ring (bicyclic) bond motifs is 2. The van der Waals surface area contributed by atoms with Crippen molar-refractivity contribution in [3.8, 4) is 0 Å². The number of imidazole rings is 1. The lowest BCUT2D eigenvalue weighted by atomic mass is 10.1. The van der Waals surface area contributed by atoms with Gasteiger partial charge in [-0.2, -0.15) is 0 Å². The number of nitrogens with one attached hydrogen (secondary N) is 1. The molecule has 0 aliphatic carbocycles. The summed E-state index contributed by atoms with van der Waals surface area (Å²) in [5.41, 5.74) is 4.10. The van der Waals surface area contributed by atoms with Crippen molar-refractivity contribution in [3.05, 3.63) is 78.2 Å².